The highest BCUT2D eigenvalue weighted by atomic mass is 27.0. The first kappa shape index (κ1) is 18.0. The van der Waals surface area contributed by atoms with E-state index in [1.165, 1.54) is 0 Å². The molecule has 0 unspecified atom stereocenters. The first-order valence-electron chi connectivity index (χ1n) is 6.07. The van der Waals surface area contributed by atoms with Crippen LogP contribution in [0.5, 0.6) is 5.75 Å². The van der Waals surface area contributed by atoms with Crippen LogP contribution < -0.4 is 4.74 Å². The average molecular weight is 280 g/mol. The van der Waals surface area contributed by atoms with Gasteiger partial charge in [0.25, 0.3) is 0 Å². The van der Waals surface area contributed by atoms with E-state index in [4.69, 9.17) is 4.74 Å². The molecule has 0 atom stereocenters. The zero-order valence-electron chi connectivity index (χ0n) is 12.0. The number of carbonyl (C=O) groups is 1. The van der Waals surface area contributed by atoms with Gasteiger partial charge in [0.05, 0.1) is 0 Å². The Labute approximate surface area is 126 Å². The summed E-state index contributed by atoms with van der Waals surface area (Å²) in [6.07, 6.45) is 0. The van der Waals surface area contributed by atoms with Gasteiger partial charge in [0.2, 0.25) is 0 Å². The van der Waals surface area contributed by atoms with Crippen LogP contribution in [0, 0.1) is 0 Å². The van der Waals surface area contributed by atoms with Crippen LogP contribution in [0.2, 0.25) is 0 Å². The van der Waals surface area contributed by atoms with Crippen molar-refractivity contribution >= 4 is 23.3 Å². The van der Waals surface area contributed by atoms with Gasteiger partial charge in [0, 0.05) is 0 Å². The molecule has 0 amide bonds. The number of ether oxygens (including phenoxy) is 1. The summed E-state index contributed by atoms with van der Waals surface area (Å²) in [6, 6.07) is 5.37. The minimum atomic E-state index is -0.958. The number of carboxylic acids is 1. The van der Waals surface area contributed by atoms with Crippen LogP contribution in [-0.4, -0.2) is 34.0 Å². The SMILES string of the molecule is CC(C)(C)Oc1ccc(C(C)(C)C)cc1C(=O)O.[AlH3]. The van der Waals surface area contributed by atoms with E-state index in [1.807, 2.05) is 26.8 Å². The average Bonchev–Trinajstić information content (AvgIpc) is 2.13. The molecular weight excluding hydrogens is 255 g/mol. The fraction of sp³-hybridized carbons (Fsp3) is 0.533. The van der Waals surface area contributed by atoms with Crippen molar-refractivity contribution in [2.75, 3.05) is 0 Å². The third kappa shape index (κ3) is 5.26. The molecule has 0 bridgehead atoms. The molecule has 4 heteroatoms. The lowest BCUT2D eigenvalue weighted by Gasteiger charge is -2.25. The van der Waals surface area contributed by atoms with Crippen molar-refractivity contribution in [1.82, 2.24) is 0 Å². The molecule has 0 radical (unpaired) electrons. The molecule has 0 heterocycles. The lowest BCUT2D eigenvalue weighted by atomic mass is 9.86. The van der Waals surface area contributed by atoms with Crippen molar-refractivity contribution in [2.24, 2.45) is 0 Å². The van der Waals surface area contributed by atoms with Gasteiger partial charge in [-0.05, 0) is 43.9 Å². The van der Waals surface area contributed by atoms with Gasteiger partial charge < -0.3 is 9.84 Å². The fourth-order valence-electron chi connectivity index (χ4n) is 1.58. The maximum atomic E-state index is 11.3. The second-order valence-corrected chi connectivity index (χ2v) is 6.48. The van der Waals surface area contributed by atoms with Gasteiger partial charge in [-0.2, -0.15) is 0 Å². The van der Waals surface area contributed by atoms with Gasteiger partial charge in [-0.1, -0.05) is 26.8 Å². The summed E-state index contributed by atoms with van der Waals surface area (Å²) in [4.78, 5) is 11.3. The lowest BCUT2D eigenvalue weighted by Crippen LogP contribution is -2.24. The van der Waals surface area contributed by atoms with E-state index in [2.05, 4.69) is 20.8 Å². The van der Waals surface area contributed by atoms with Crippen LogP contribution in [0.1, 0.15) is 57.5 Å². The molecule has 19 heavy (non-hydrogen) atoms. The zero-order valence-corrected chi connectivity index (χ0v) is 12.0. The molecule has 0 fully saturated rings. The van der Waals surface area contributed by atoms with E-state index >= 15 is 0 Å². The van der Waals surface area contributed by atoms with Crippen LogP contribution in [0.4, 0.5) is 0 Å². The number of carboxylic acid groups (broad SMARTS) is 1. The Morgan fingerprint density at radius 2 is 1.63 bits per heavy atom. The zero-order chi connectivity index (χ0) is 14.1. The van der Waals surface area contributed by atoms with Crippen molar-refractivity contribution in [2.45, 2.75) is 52.6 Å². The van der Waals surface area contributed by atoms with Crippen molar-refractivity contribution < 1.29 is 14.6 Å². The highest BCUT2D eigenvalue weighted by Crippen LogP contribution is 2.29. The molecule has 0 aliphatic heterocycles. The Balaban J connectivity index is 0.00000324. The lowest BCUT2D eigenvalue weighted by molar-refractivity contribution is 0.0681. The molecule has 0 aliphatic carbocycles. The van der Waals surface area contributed by atoms with Crippen LogP contribution in [-0.2, 0) is 5.41 Å². The molecule has 0 saturated heterocycles. The molecular formula is C15H25AlO3. The molecule has 1 rings (SSSR count). The summed E-state index contributed by atoms with van der Waals surface area (Å²) >= 11 is 0. The summed E-state index contributed by atoms with van der Waals surface area (Å²) in [5, 5.41) is 9.27. The van der Waals surface area contributed by atoms with Gasteiger partial charge in [-0.25, -0.2) is 4.79 Å². The summed E-state index contributed by atoms with van der Waals surface area (Å²) in [5.41, 5.74) is 0.719. The van der Waals surface area contributed by atoms with E-state index in [0.717, 1.165) is 5.56 Å². The van der Waals surface area contributed by atoms with Crippen LogP contribution >= 0.6 is 0 Å². The third-order valence-corrected chi connectivity index (χ3v) is 2.49. The molecule has 1 N–H and O–H groups in total. The van der Waals surface area contributed by atoms with Crippen molar-refractivity contribution in [3.05, 3.63) is 29.3 Å². The number of hydrogen-bond acceptors (Lipinski definition) is 2. The first-order valence-corrected chi connectivity index (χ1v) is 6.07. The van der Waals surface area contributed by atoms with Gasteiger partial charge in [0.15, 0.2) is 17.4 Å². The summed E-state index contributed by atoms with van der Waals surface area (Å²) in [5.74, 6) is -0.539. The number of hydrogen-bond donors (Lipinski definition) is 1. The van der Waals surface area contributed by atoms with Crippen molar-refractivity contribution in [3.8, 4) is 5.75 Å². The van der Waals surface area contributed by atoms with Gasteiger partial charge >= 0.3 is 5.97 Å². The Bertz CT molecular complexity index is 453. The van der Waals surface area contributed by atoms with Crippen LogP contribution in [0.25, 0.3) is 0 Å². The minimum Gasteiger partial charge on any atom is -0.487 e. The summed E-state index contributed by atoms with van der Waals surface area (Å²) < 4.78 is 5.68. The van der Waals surface area contributed by atoms with Crippen LogP contribution in [0.3, 0.4) is 0 Å². The van der Waals surface area contributed by atoms with E-state index in [1.54, 1.807) is 12.1 Å². The Morgan fingerprint density at radius 3 is 2.00 bits per heavy atom. The van der Waals surface area contributed by atoms with Gasteiger partial charge in [-0.3, -0.25) is 0 Å². The highest BCUT2D eigenvalue weighted by Gasteiger charge is 2.21. The number of rotatable bonds is 2. The quantitative estimate of drug-likeness (QED) is 0.847. The van der Waals surface area contributed by atoms with Gasteiger partial charge in [0.1, 0.15) is 16.9 Å². The fourth-order valence-corrected chi connectivity index (χ4v) is 1.58. The van der Waals surface area contributed by atoms with E-state index in [-0.39, 0.29) is 28.3 Å². The maximum absolute atomic E-state index is 11.3. The Kier molecular flexibility index (Phi) is 5.68. The second kappa shape index (κ2) is 5.98. The topological polar surface area (TPSA) is 46.5 Å². The summed E-state index contributed by atoms with van der Waals surface area (Å²) in [7, 11) is 0. The molecule has 0 saturated carbocycles. The maximum Gasteiger partial charge on any atom is 0.339 e. The predicted molar refractivity (Wildman–Crippen MR) is 82.4 cm³/mol. The van der Waals surface area contributed by atoms with Crippen molar-refractivity contribution in [3.63, 3.8) is 0 Å². The van der Waals surface area contributed by atoms with E-state index in [9.17, 15) is 9.90 Å². The minimum absolute atomic E-state index is 0. The second-order valence-electron chi connectivity index (χ2n) is 6.48. The number of benzene rings is 1. The van der Waals surface area contributed by atoms with E-state index < -0.39 is 11.6 Å². The third-order valence-electron chi connectivity index (χ3n) is 2.49. The molecule has 1 aromatic rings. The highest BCUT2D eigenvalue weighted by molar-refractivity contribution is 5.91. The smallest absolute Gasteiger partial charge is 0.339 e. The molecule has 1 aromatic carbocycles. The molecule has 0 aromatic heterocycles. The predicted octanol–water partition coefficient (Wildman–Crippen LogP) is 2.68. The largest absolute Gasteiger partial charge is 0.487 e. The standard InChI is InChI=1S/C15H22O3.Al.3H/c1-14(2,3)10-7-8-12(18-15(4,5)6)11(9-10)13(16)17;;;;/h7-9H,1-6H3,(H,16,17);;;;. The van der Waals surface area contributed by atoms with E-state index in [0.29, 0.717) is 5.75 Å². The molecule has 106 valence electrons. The van der Waals surface area contributed by atoms with Gasteiger partial charge in [-0.15, -0.1) is 0 Å². The first-order chi connectivity index (χ1) is 8.00. The molecule has 3 nitrogen and oxygen atoms in total. The summed E-state index contributed by atoms with van der Waals surface area (Å²) in [6.45, 7) is 11.9. The number of aromatic carboxylic acids is 1. The van der Waals surface area contributed by atoms with Crippen LogP contribution in [0.15, 0.2) is 18.2 Å². The molecule has 0 aliphatic rings. The molecule has 0 spiro atoms. The Hall–Kier alpha value is -0.978. The Morgan fingerprint density at radius 1 is 1.11 bits per heavy atom. The van der Waals surface area contributed by atoms with Crippen molar-refractivity contribution in [1.29, 1.82) is 0 Å². The monoisotopic (exact) mass is 280 g/mol. The normalized spacial score (nSPS) is 11.7.